The number of aromatic nitrogens is 1. The maximum atomic E-state index is 14.4. The minimum Gasteiger partial charge on any atom is -0.481 e. The van der Waals surface area contributed by atoms with Crippen LogP contribution in [0.25, 0.3) is 0 Å². The number of sulfone groups is 1. The number of aliphatic carboxylic acids is 2. The van der Waals surface area contributed by atoms with Gasteiger partial charge in [0.1, 0.15) is 17.4 Å². The summed E-state index contributed by atoms with van der Waals surface area (Å²) in [4.78, 5) is 39.9. The minimum absolute atomic E-state index is 0.0567. The third kappa shape index (κ3) is 6.95. The molecule has 2 unspecified atom stereocenters. The lowest BCUT2D eigenvalue weighted by Crippen LogP contribution is -2.43. The first-order valence-corrected chi connectivity index (χ1v) is 13.7. The van der Waals surface area contributed by atoms with Gasteiger partial charge in [-0.1, -0.05) is 12.1 Å². The molecule has 0 radical (unpaired) electrons. The van der Waals surface area contributed by atoms with Gasteiger partial charge in [0.15, 0.2) is 21.4 Å². The van der Waals surface area contributed by atoms with Crippen LogP contribution in [0.1, 0.15) is 37.9 Å². The molecule has 2 aromatic carbocycles. The Morgan fingerprint density at radius 2 is 1.76 bits per heavy atom. The molecule has 1 aromatic heterocycles. The van der Waals surface area contributed by atoms with E-state index in [2.05, 4.69) is 10.3 Å². The summed E-state index contributed by atoms with van der Waals surface area (Å²) in [6.45, 7) is 1.08. The maximum absolute atomic E-state index is 14.4. The van der Waals surface area contributed by atoms with Crippen LogP contribution in [0, 0.1) is 11.6 Å². The minimum atomic E-state index is -3.51. The molecule has 0 saturated heterocycles. The van der Waals surface area contributed by atoms with Crippen molar-refractivity contribution in [2.24, 2.45) is 0 Å². The summed E-state index contributed by atoms with van der Waals surface area (Å²) in [5.41, 5.74) is -1.93. The number of hydrogen-bond acceptors (Lipinski definition) is 8. The van der Waals surface area contributed by atoms with Crippen molar-refractivity contribution in [1.82, 2.24) is 4.98 Å². The Bertz CT molecular complexity index is 1580. The number of rotatable bonds is 12. The van der Waals surface area contributed by atoms with Crippen LogP contribution in [0.3, 0.4) is 0 Å². The van der Waals surface area contributed by atoms with Gasteiger partial charge in [0, 0.05) is 11.6 Å². The molecule has 1 aliphatic rings. The fourth-order valence-corrected chi connectivity index (χ4v) is 5.44. The number of anilines is 1. The van der Waals surface area contributed by atoms with Gasteiger partial charge in [-0.25, -0.2) is 27.0 Å². The summed E-state index contributed by atoms with van der Waals surface area (Å²) in [5.74, 6) is -6.29. The monoisotopic (exact) mass is 590 g/mol. The van der Waals surface area contributed by atoms with E-state index >= 15 is 0 Å². The summed E-state index contributed by atoms with van der Waals surface area (Å²) in [5, 5.41) is 20.4. The number of ether oxygens (including phenoxy) is 2. The lowest BCUT2D eigenvalue weighted by molar-refractivity contribution is -0.160. The average molecular weight is 591 g/mol. The van der Waals surface area contributed by atoms with Crippen LogP contribution in [-0.2, 0) is 24.2 Å². The van der Waals surface area contributed by atoms with Gasteiger partial charge in [0.2, 0.25) is 11.7 Å². The molecule has 2 atom stereocenters. The molecule has 41 heavy (non-hydrogen) atoms. The number of halogens is 2. The molecule has 3 N–H and O–H groups in total. The van der Waals surface area contributed by atoms with Crippen LogP contribution in [0.15, 0.2) is 65.7 Å². The number of hydrogen-bond donors (Lipinski definition) is 3. The van der Waals surface area contributed by atoms with Gasteiger partial charge in [0.25, 0.3) is 5.91 Å². The zero-order chi connectivity index (χ0) is 29.9. The van der Waals surface area contributed by atoms with Crippen molar-refractivity contribution >= 4 is 33.5 Å². The number of carboxylic acids is 2. The van der Waals surface area contributed by atoms with E-state index in [-0.39, 0.29) is 22.0 Å². The van der Waals surface area contributed by atoms with Crippen LogP contribution in [0.2, 0.25) is 0 Å². The Balaban J connectivity index is 1.57. The number of nitrogens with one attached hydrogen (secondary N) is 1. The number of amides is 1. The second kappa shape index (κ2) is 11.5. The predicted molar refractivity (Wildman–Crippen MR) is 138 cm³/mol. The summed E-state index contributed by atoms with van der Waals surface area (Å²) >= 11 is 0. The average Bonchev–Trinajstić information content (AvgIpc) is 3.75. The van der Waals surface area contributed by atoms with E-state index in [0.29, 0.717) is 18.9 Å². The first-order valence-electron chi connectivity index (χ1n) is 12.2. The van der Waals surface area contributed by atoms with E-state index in [1.54, 1.807) is 0 Å². The standard InChI is InChI=1S/C27H24F2N2O9S/c1-27(26(35)36,13-23(32)33)40-17-5-11-22(30-14-17)31-25(34)24(39-21-10-4-16(28)12-20(21)29)15-2-6-18(7-3-15)41(37,38)19-8-9-19/h2-7,10-12,14,19,24H,8-9,13H2,1H3,(H,32,33)(H,35,36)(H,30,31,34). The van der Waals surface area contributed by atoms with Crippen molar-refractivity contribution in [3.63, 3.8) is 0 Å². The number of carboxylic acid groups (broad SMARTS) is 2. The van der Waals surface area contributed by atoms with Gasteiger partial charge in [-0.05, 0) is 56.2 Å². The van der Waals surface area contributed by atoms with E-state index < -0.39 is 68.4 Å². The molecular weight excluding hydrogens is 566 g/mol. The third-order valence-electron chi connectivity index (χ3n) is 6.12. The first-order chi connectivity index (χ1) is 19.3. The summed E-state index contributed by atoms with van der Waals surface area (Å²) in [6.07, 6.45) is -0.176. The molecule has 1 fully saturated rings. The fraction of sp³-hybridized carbons (Fsp3) is 0.259. The fourth-order valence-electron chi connectivity index (χ4n) is 3.78. The number of carbonyl (C=O) groups is 3. The topological polar surface area (TPSA) is 169 Å². The van der Waals surface area contributed by atoms with Gasteiger partial charge in [-0.3, -0.25) is 9.59 Å². The molecule has 0 spiro atoms. The molecule has 4 rings (SSSR count). The molecule has 0 aliphatic heterocycles. The van der Waals surface area contributed by atoms with Crippen molar-refractivity contribution < 1.29 is 51.3 Å². The van der Waals surface area contributed by atoms with E-state index in [1.165, 1.54) is 36.4 Å². The number of carbonyl (C=O) groups excluding carboxylic acids is 1. The molecule has 1 amide bonds. The highest BCUT2D eigenvalue weighted by atomic mass is 32.2. The molecule has 11 nitrogen and oxygen atoms in total. The number of pyridine rings is 1. The Labute approximate surface area is 232 Å². The molecular formula is C27H24F2N2O9S. The largest absolute Gasteiger partial charge is 0.481 e. The van der Waals surface area contributed by atoms with E-state index in [4.69, 9.17) is 14.6 Å². The third-order valence-corrected chi connectivity index (χ3v) is 8.40. The lowest BCUT2D eigenvalue weighted by Gasteiger charge is -2.24. The highest BCUT2D eigenvalue weighted by Gasteiger charge is 2.39. The van der Waals surface area contributed by atoms with Crippen molar-refractivity contribution in [3.05, 3.63) is 78.0 Å². The Morgan fingerprint density at radius 1 is 1.07 bits per heavy atom. The molecule has 1 saturated carbocycles. The Hall–Kier alpha value is -4.59. The van der Waals surface area contributed by atoms with Crippen LogP contribution in [0.4, 0.5) is 14.6 Å². The molecule has 216 valence electrons. The van der Waals surface area contributed by atoms with Gasteiger partial charge in [-0.2, -0.15) is 0 Å². The summed E-state index contributed by atoms with van der Waals surface area (Å²) in [6, 6.07) is 10.3. The van der Waals surface area contributed by atoms with Gasteiger partial charge < -0.3 is 25.0 Å². The predicted octanol–water partition coefficient (Wildman–Crippen LogP) is 3.75. The highest BCUT2D eigenvalue weighted by Crippen LogP contribution is 2.34. The zero-order valence-corrected chi connectivity index (χ0v) is 22.2. The van der Waals surface area contributed by atoms with Gasteiger partial charge in [-0.15, -0.1) is 0 Å². The van der Waals surface area contributed by atoms with Crippen LogP contribution >= 0.6 is 0 Å². The Morgan fingerprint density at radius 3 is 2.29 bits per heavy atom. The van der Waals surface area contributed by atoms with Crippen LogP contribution < -0.4 is 14.8 Å². The van der Waals surface area contributed by atoms with Crippen LogP contribution in [0.5, 0.6) is 11.5 Å². The van der Waals surface area contributed by atoms with Crippen molar-refractivity contribution in [3.8, 4) is 11.5 Å². The number of benzene rings is 2. The van der Waals surface area contributed by atoms with Gasteiger partial charge >= 0.3 is 11.9 Å². The Kier molecular flexibility index (Phi) is 8.24. The van der Waals surface area contributed by atoms with Crippen molar-refractivity contribution in [2.75, 3.05) is 5.32 Å². The smallest absolute Gasteiger partial charge is 0.348 e. The zero-order valence-electron chi connectivity index (χ0n) is 21.4. The molecule has 14 heteroatoms. The summed E-state index contributed by atoms with van der Waals surface area (Å²) < 4.78 is 63.8. The lowest BCUT2D eigenvalue weighted by atomic mass is 10.0. The SMILES string of the molecule is CC(CC(=O)O)(Oc1ccc(NC(=O)C(Oc2ccc(F)cc2F)c2ccc(S(=O)(=O)C3CC3)cc2)nc1)C(=O)O. The van der Waals surface area contributed by atoms with Gasteiger partial charge in [0.05, 0.1) is 22.8 Å². The molecule has 3 aromatic rings. The van der Waals surface area contributed by atoms with E-state index in [0.717, 1.165) is 25.3 Å². The van der Waals surface area contributed by atoms with Crippen molar-refractivity contribution in [1.29, 1.82) is 0 Å². The summed E-state index contributed by atoms with van der Waals surface area (Å²) in [7, 11) is -3.51. The first kappa shape index (κ1) is 29.4. The molecule has 1 aliphatic carbocycles. The number of nitrogens with zero attached hydrogens (tertiary/aromatic N) is 1. The second-order valence-corrected chi connectivity index (χ2v) is 11.7. The van der Waals surface area contributed by atoms with Crippen LogP contribution in [-0.4, -0.2) is 52.3 Å². The maximum Gasteiger partial charge on any atom is 0.348 e. The van der Waals surface area contributed by atoms with E-state index in [1.807, 2.05) is 0 Å². The molecule has 0 bridgehead atoms. The van der Waals surface area contributed by atoms with E-state index in [9.17, 15) is 36.7 Å². The highest BCUT2D eigenvalue weighted by molar-refractivity contribution is 7.92. The normalized spacial score (nSPS) is 15.3. The molecule has 1 heterocycles. The van der Waals surface area contributed by atoms with Crippen molar-refractivity contribution in [2.45, 2.75) is 48.0 Å². The second-order valence-electron chi connectivity index (χ2n) is 9.46. The quantitative estimate of drug-likeness (QED) is 0.282.